The van der Waals surface area contributed by atoms with E-state index in [9.17, 15) is 4.79 Å². The number of nitrogen functional groups attached to an aromatic ring is 1. The zero-order chi connectivity index (χ0) is 18.8. The van der Waals surface area contributed by atoms with Gasteiger partial charge in [0.25, 0.3) is 0 Å². The highest BCUT2D eigenvalue weighted by Crippen LogP contribution is 2.29. The maximum atomic E-state index is 13.0. The van der Waals surface area contributed by atoms with Crippen molar-refractivity contribution < 1.29 is 4.79 Å². The lowest BCUT2D eigenvalue weighted by molar-refractivity contribution is -0.136. The van der Waals surface area contributed by atoms with E-state index in [2.05, 4.69) is 24.0 Å². The van der Waals surface area contributed by atoms with Crippen LogP contribution in [0, 0.1) is 6.92 Å². The second kappa shape index (κ2) is 7.70. The van der Waals surface area contributed by atoms with Crippen molar-refractivity contribution in [3.05, 3.63) is 29.8 Å². The number of benzene rings is 1. The Labute approximate surface area is 159 Å². The number of hydrogen-bond acceptors (Lipinski definition) is 5. The first kappa shape index (κ1) is 18.8. The Morgan fingerprint density at radius 2 is 1.81 bits per heavy atom. The van der Waals surface area contributed by atoms with Gasteiger partial charge in [-0.2, -0.15) is 0 Å². The number of nitrogens with two attached hydrogens (primary N) is 1. The molecule has 1 aromatic carbocycles. The van der Waals surface area contributed by atoms with Crippen LogP contribution in [-0.2, 0) is 4.79 Å². The van der Waals surface area contributed by atoms with Gasteiger partial charge in [0, 0.05) is 17.6 Å². The number of hydrogen-bond donors (Lipinski definition) is 1. The van der Waals surface area contributed by atoms with Crippen molar-refractivity contribution in [1.82, 2.24) is 19.8 Å². The molecular formula is C19H27N5OS. The number of likely N-dealkylation sites (tertiary alicyclic amines) is 1. The molecule has 1 aliphatic rings. The fourth-order valence-corrected chi connectivity index (χ4v) is 4.36. The average Bonchev–Trinajstić information content (AvgIpc) is 2.96. The molecule has 26 heavy (non-hydrogen) atoms. The van der Waals surface area contributed by atoms with E-state index in [0.717, 1.165) is 18.4 Å². The highest BCUT2D eigenvalue weighted by atomic mass is 32.2. The molecule has 140 valence electrons. The van der Waals surface area contributed by atoms with E-state index in [0.29, 0.717) is 11.0 Å². The SMILES string of the molecule is Cc1ccc(-c2nnc(S[C@@H](C)C(=O)N3[C@@H](C)CCC[C@@H]3C)n2N)cc1. The first-order valence-electron chi connectivity index (χ1n) is 9.15. The summed E-state index contributed by atoms with van der Waals surface area (Å²) in [5, 5.41) is 8.71. The molecule has 2 N–H and O–H groups in total. The molecule has 0 radical (unpaired) electrons. The number of aromatic nitrogens is 3. The molecule has 3 atom stereocenters. The molecule has 0 bridgehead atoms. The van der Waals surface area contributed by atoms with Crippen molar-refractivity contribution in [3.63, 3.8) is 0 Å². The molecule has 1 saturated heterocycles. The molecule has 0 aliphatic carbocycles. The van der Waals surface area contributed by atoms with Crippen LogP contribution in [0.4, 0.5) is 0 Å². The molecule has 6 nitrogen and oxygen atoms in total. The van der Waals surface area contributed by atoms with Crippen molar-refractivity contribution in [3.8, 4) is 11.4 Å². The van der Waals surface area contributed by atoms with E-state index < -0.39 is 0 Å². The minimum absolute atomic E-state index is 0.148. The highest BCUT2D eigenvalue weighted by Gasteiger charge is 2.32. The Morgan fingerprint density at radius 1 is 1.19 bits per heavy atom. The molecule has 0 saturated carbocycles. The number of nitrogens with zero attached hydrogens (tertiary/aromatic N) is 4. The Kier molecular flexibility index (Phi) is 5.55. The van der Waals surface area contributed by atoms with Gasteiger partial charge in [-0.05, 0) is 47.0 Å². The van der Waals surface area contributed by atoms with Gasteiger partial charge in [0.2, 0.25) is 11.1 Å². The van der Waals surface area contributed by atoms with E-state index >= 15 is 0 Å². The zero-order valence-electron chi connectivity index (χ0n) is 15.8. The predicted octanol–water partition coefficient (Wildman–Crippen LogP) is 3.24. The summed E-state index contributed by atoms with van der Waals surface area (Å²) in [5.74, 6) is 6.95. The first-order chi connectivity index (χ1) is 12.4. The Bertz CT molecular complexity index is 763. The molecule has 0 spiro atoms. The number of aryl methyl sites for hydroxylation is 1. The lowest BCUT2D eigenvalue weighted by Crippen LogP contribution is -2.50. The molecule has 1 amide bonds. The van der Waals surface area contributed by atoms with E-state index in [-0.39, 0.29) is 23.2 Å². The van der Waals surface area contributed by atoms with Crippen LogP contribution in [0.1, 0.15) is 45.6 Å². The summed E-state index contributed by atoms with van der Waals surface area (Å²) >= 11 is 1.37. The fraction of sp³-hybridized carbons (Fsp3) is 0.526. The maximum absolute atomic E-state index is 13.0. The summed E-state index contributed by atoms with van der Waals surface area (Å²) in [6.45, 7) is 8.22. The summed E-state index contributed by atoms with van der Waals surface area (Å²) < 4.78 is 1.47. The van der Waals surface area contributed by atoms with Crippen LogP contribution >= 0.6 is 11.8 Å². The second-order valence-electron chi connectivity index (χ2n) is 7.18. The monoisotopic (exact) mass is 373 g/mol. The third-order valence-corrected chi connectivity index (χ3v) is 6.10. The van der Waals surface area contributed by atoms with Gasteiger partial charge in [-0.15, -0.1) is 10.2 Å². The van der Waals surface area contributed by atoms with Crippen molar-refractivity contribution in [2.24, 2.45) is 0 Å². The number of carbonyl (C=O) groups is 1. The number of thioether (sulfide) groups is 1. The molecular weight excluding hydrogens is 346 g/mol. The molecule has 7 heteroatoms. The quantitative estimate of drug-likeness (QED) is 0.658. The minimum atomic E-state index is -0.254. The van der Waals surface area contributed by atoms with E-state index in [1.54, 1.807) is 0 Å². The standard InChI is InChI=1S/C19H27N5OS/c1-12-8-10-16(11-9-12)17-21-22-19(24(17)20)26-15(4)18(25)23-13(2)6-5-7-14(23)3/h8-11,13-15H,5-7,20H2,1-4H3/t13-,14-,15-/m0/s1. The molecule has 1 aliphatic heterocycles. The van der Waals surface area contributed by atoms with Crippen LogP contribution in [0.25, 0.3) is 11.4 Å². The van der Waals surface area contributed by atoms with Crippen LogP contribution in [-0.4, -0.2) is 43.0 Å². The zero-order valence-corrected chi connectivity index (χ0v) is 16.7. The number of carbonyl (C=O) groups excluding carboxylic acids is 1. The molecule has 1 fully saturated rings. The molecule has 1 aromatic heterocycles. The van der Waals surface area contributed by atoms with Crippen LogP contribution in [0.15, 0.2) is 29.4 Å². The van der Waals surface area contributed by atoms with Crippen molar-refractivity contribution >= 4 is 17.7 Å². The molecule has 2 heterocycles. The lowest BCUT2D eigenvalue weighted by atomic mass is 9.97. The van der Waals surface area contributed by atoms with E-state index in [1.165, 1.54) is 28.4 Å². The van der Waals surface area contributed by atoms with Gasteiger partial charge in [0.15, 0.2) is 5.82 Å². The smallest absolute Gasteiger partial charge is 0.236 e. The van der Waals surface area contributed by atoms with Crippen LogP contribution in [0.5, 0.6) is 0 Å². The minimum Gasteiger partial charge on any atom is -0.336 e. The normalized spacial score (nSPS) is 21.6. The van der Waals surface area contributed by atoms with Crippen molar-refractivity contribution in [2.75, 3.05) is 5.84 Å². The van der Waals surface area contributed by atoms with E-state index in [1.807, 2.05) is 43.0 Å². The highest BCUT2D eigenvalue weighted by molar-refractivity contribution is 8.00. The van der Waals surface area contributed by atoms with Crippen LogP contribution in [0.3, 0.4) is 0 Å². The number of amides is 1. The van der Waals surface area contributed by atoms with Crippen molar-refractivity contribution in [1.29, 1.82) is 0 Å². The largest absolute Gasteiger partial charge is 0.336 e. The lowest BCUT2D eigenvalue weighted by Gasteiger charge is -2.40. The number of rotatable bonds is 4. The van der Waals surface area contributed by atoms with Gasteiger partial charge < -0.3 is 10.7 Å². The predicted molar refractivity (Wildman–Crippen MR) is 105 cm³/mol. The molecule has 3 rings (SSSR count). The Morgan fingerprint density at radius 3 is 2.42 bits per heavy atom. The molecule has 2 aromatic rings. The van der Waals surface area contributed by atoms with Gasteiger partial charge in [-0.3, -0.25) is 4.79 Å². The Hall–Kier alpha value is -2.02. The summed E-state index contributed by atoms with van der Waals surface area (Å²) in [6, 6.07) is 8.55. The number of piperidine rings is 1. The molecule has 0 unspecified atom stereocenters. The summed E-state index contributed by atoms with van der Waals surface area (Å²) in [7, 11) is 0. The third-order valence-electron chi connectivity index (χ3n) is 5.05. The topological polar surface area (TPSA) is 77.0 Å². The third kappa shape index (κ3) is 3.72. The van der Waals surface area contributed by atoms with Gasteiger partial charge in [0.1, 0.15) is 0 Å². The Balaban J connectivity index is 1.74. The average molecular weight is 374 g/mol. The van der Waals surface area contributed by atoms with Gasteiger partial charge in [-0.25, -0.2) is 4.68 Å². The van der Waals surface area contributed by atoms with Crippen LogP contribution in [0.2, 0.25) is 0 Å². The summed E-state index contributed by atoms with van der Waals surface area (Å²) in [6.07, 6.45) is 3.32. The van der Waals surface area contributed by atoms with Gasteiger partial charge >= 0.3 is 0 Å². The maximum Gasteiger partial charge on any atom is 0.236 e. The van der Waals surface area contributed by atoms with Gasteiger partial charge in [-0.1, -0.05) is 41.6 Å². The summed E-state index contributed by atoms with van der Waals surface area (Å²) in [5.41, 5.74) is 2.09. The summed E-state index contributed by atoms with van der Waals surface area (Å²) in [4.78, 5) is 15.0. The fourth-order valence-electron chi connectivity index (χ4n) is 3.53. The van der Waals surface area contributed by atoms with Crippen molar-refractivity contribution in [2.45, 2.75) is 69.4 Å². The van der Waals surface area contributed by atoms with E-state index in [4.69, 9.17) is 5.84 Å². The van der Waals surface area contributed by atoms with Crippen LogP contribution < -0.4 is 5.84 Å². The first-order valence-corrected chi connectivity index (χ1v) is 10.0. The van der Waals surface area contributed by atoms with Gasteiger partial charge in [0.05, 0.1) is 5.25 Å². The second-order valence-corrected chi connectivity index (χ2v) is 8.48.